The van der Waals surface area contributed by atoms with E-state index in [1.807, 2.05) is 24.4 Å². The summed E-state index contributed by atoms with van der Waals surface area (Å²) >= 11 is 1.62. The molecule has 0 saturated carbocycles. The monoisotopic (exact) mass is 234 g/mol. The highest BCUT2D eigenvalue weighted by Crippen LogP contribution is 2.12. The maximum absolute atomic E-state index is 9.91. The van der Waals surface area contributed by atoms with Crippen molar-refractivity contribution in [2.75, 3.05) is 0 Å². The van der Waals surface area contributed by atoms with Crippen molar-refractivity contribution in [2.45, 2.75) is 25.9 Å². The molecule has 2 aromatic rings. The SMILES string of the molecule is Cc1nc(CC(O)Cc2ccncc2)cs1. The minimum absolute atomic E-state index is 0.371. The van der Waals surface area contributed by atoms with Crippen LogP contribution in [0.3, 0.4) is 0 Å². The molecule has 1 unspecified atom stereocenters. The molecular weight excluding hydrogens is 220 g/mol. The minimum atomic E-state index is -0.371. The van der Waals surface area contributed by atoms with Gasteiger partial charge in [0.2, 0.25) is 0 Å². The van der Waals surface area contributed by atoms with Crippen LogP contribution in [0, 0.1) is 6.92 Å². The highest BCUT2D eigenvalue weighted by molar-refractivity contribution is 7.09. The van der Waals surface area contributed by atoms with Crippen molar-refractivity contribution in [3.63, 3.8) is 0 Å². The Morgan fingerprint density at radius 2 is 2.06 bits per heavy atom. The van der Waals surface area contributed by atoms with Crippen molar-refractivity contribution < 1.29 is 5.11 Å². The lowest BCUT2D eigenvalue weighted by atomic mass is 10.1. The fourth-order valence-corrected chi connectivity index (χ4v) is 2.23. The molecule has 0 bridgehead atoms. The molecule has 0 radical (unpaired) electrons. The van der Waals surface area contributed by atoms with Gasteiger partial charge in [-0.3, -0.25) is 4.98 Å². The molecule has 1 atom stereocenters. The predicted octanol–water partition coefficient (Wildman–Crippen LogP) is 1.99. The number of thiazole rings is 1. The summed E-state index contributed by atoms with van der Waals surface area (Å²) in [4.78, 5) is 8.29. The second-order valence-electron chi connectivity index (χ2n) is 3.78. The Balaban J connectivity index is 1.92. The molecule has 0 fully saturated rings. The first kappa shape index (κ1) is 11.2. The molecule has 0 aromatic carbocycles. The number of rotatable bonds is 4. The lowest BCUT2D eigenvalue weighted by molar-refractivity contribution is 0.174. The third kappa shape index (κ3) is 3.12. The van der Waals surface area contributed by atoms with E-state index in [1.165, 1.54) is 0 Å². The van der Waals surface area contributed by atoms with E-state index in [-0.39, 0.29) is 6.10 Å². The van der Waals surface area contributed by atoms with Crippen molar-refractivity contribution in [3.05, 3.63) is 46.2 Å². The molecule has 0 amide bonds. The number of aliphatic hydroxyl groups is 1. The van der Waals surface area contributed by atoms with Crippen molar-refractivity contribution >= 4 is 11.3 Å². The molecule has 0 spiro atoms. The quantitative estimate of drug-likeness (QED) is 0.880. The summed E-state index contributed by atoms with van der Waals surface area (Å²) in [6.45, 7) is 1.98. The molecule has 84 valence electrons. The third-order valence-corrected chi connectivity index (χ3v) is 3.15. The molecular formula is C12H14N2OS. The normalized spacial score (nSPS) is 12.6. The van der Waals surface area contributed by atoms with Crippen LogP contribution in [0.2, 0.25) is 0 Å². The molecule has 2 heterocycles. The van der Waals surface area contributed by atoms with Crippen LogP contribution in [-0.2, 0) is 12.8 Å². The van der Waals surface area contributed by atoms with Gasteiger partial charge in [-0.25, -0.2) is 4.98 Å². The van der Waals surface area contributed by atoms with Crippen molar-refractivity contribution in [2.24, 2.45) is 0 Å². The fraction of sp³-hybridized carbons (Fsp3) is 0.333. The van der Waals surface area contributed by atoms with Gasteiger partial charge >= 0.3 is 0 Å². The molecule has 2 rings (SSSR count). The van der Waals surface area contributed by atoms with E-state index >= 15 is 0 Å². The summed E-state index contributed by atoms with van der Waals surface area (Å²) in [6, 6.07) is 3.85. The second kappa shape index (κ2) is 5.18. The number of aryl methyl sites for hydroxylation is 1. The van der Waals surface area contributed by atoms with Gasteiger partial charge in [0.1, 0.15) is 0 Å². The van der Waals surface area contributed by atoms with Crippen LogP contribution >= 0.6 is 11.3 Å². The number of hydrogen-bond donors (Lipinski definition) is 1. The molecule has 4 heteroatoms. The Labute approximate surface area is 98.8 Å². The Hall–Kier alpha value is -1.26. The van der Waals surface area contributed by atoms with Crippen molar-refractivity contribution in [1.29, 1.82) is 0 Å². The molecule has 0 aliphatic heterocycles. The van der Waals surface area contributed by atoms with Crippen LogP contribution in [0.5, 0.6) is 0 Å². The first-order chi connectivity index (χ1) is 7.74. The Morgan fingerprint density at radius 3 is 2.69 bits per heavy atom. The Morgan fingerprint density at radius 1 is 1.31 bits per heavy atom. The molecule has 3 nitrogen and oxygen atoms in total. The van der Waals surface area contributed by atoms with Gasteiger partial charge in [-0.2, -0.15) is 0 Å². The summed E-state index contributed by atoms with van der Waals surface area (Å²) in [5.41, 5.74) is 2.08. The number of pyridine rings is 1. The van der Waals surface area contributed by atoms with Crippen LogP contribution in [-0.4, -0.2) is 21.2 Å². The van der Waals surface area contributed by atoms with Gasteiger partial charge in [0.25, 0.3) is 0 Å². The van der Waals surface area contributed by atoms with E-state index in [9.17, 15) is 5.11 Å². The van der Waals surface area contributed by atoms with Gasteiger partial charge in [0.05, 0.1) is 16.8 Å². The van der Waals surface area contributed by atoms with E-state index in [0.29, 0.717) is 12.8 Å². The summed E-state index contributed by atoms with van der Waals surface area (Å²) in [6.07, 6.45) is 4.39. The predicted molar refractivity (Wildman–Crippen MR) is 64.5 cm³/mol. The summed E-state index contributed by atoms with van der Waals surface area (Å²) in [7, 11) is 0. The van der Waals surface area contributed by atoms with Crippen molar-refractivity contribution in [1.82, 2.24) is 9.97 Å². The molecule has 0 saturated heterocycles. The van der Waals surface area contributed by atoms with Crippen LogP contribution in [0.15, 0.2) is 29.9 Å². The van der Waals surface area contributed by atoms with Crippen LogP contribution in [0.1, 0.15) is 16.3 Å². The fourth-order valence-electron chi connectivity index (χ4n) is 1.61. The summed E-state index contributed by atoms with van der Waals surface area (Å²) in [5.74, 6) is 0. The molecule has 2 aromatic heterocycles. The van der Waals surface area contributed by atoms with Crippen LogP contribution < -0.4 is 0 Å². The maximum Gasteiger partial charge on any atom is 0.0897 e. The van der Waals surface area contributed by atoms with Gasteiger partial charge in [0, 0.05) is 24.2 Å². The molecule has 1 N–H and O–H groups in total. The highest BCUT2D eigenvalue weighted by atomic mass is 32.1. The Kier molecular flexibility index (Phi) is 3.64. The van der Waals surface area contributed by atoms with Crippen LogP contribution in [0.25, 0.3) is 0 Å². The first-order valence-corrected chi connectivity index (χ1v) is 6.10. The number of aliphatic hydroxyl groups excluding tert-OH is 1. The standard InChI is InChI=1S/C12H14N2OS/c1-9-14-11(8-16-9)7-12(15)6-10-2-4-13-5-3-10/h2-5,8,12,15H,6-7H2,1H3. The van der Waals surface area contributed by atoms with Gasteiger partial charge in [-0.15, -0.1) is 11.3 Å². The van der Waals surface area contributed by atoms with Gasteiger partial charge in [-0.1, -0.05) is 0 Å². The third-order valence-electron chi connectivity index (χ3n) is 2.33. The highest BCUT2D eigenvalue weighted by Gasteiger charge is 2.08. The Bertz CT molecular complexity index is 441. The van der Waals surface area contributed by atoms with Gasteiger partial charge in [0.15, 0.2) is 0 Å². The average Bonchev–Trinajstić information content (AvgIpc) is 2.65. The first-order valence-electron chi connectivity index (χ1n) is 5.22. The largest absolute Gasteiger partial charge is 0.392 e. The number of aromatic nitrogens is 2. The number of hydrogen-bond acceptors (Lipinski definition) is 4. The topological polar surface area (TPSA) is 46.0 Å². The average molecular weight is 234 g/mol. The zero-order chi connectivity index (χ0) is 11.4. The molecule has 0 aliphatic carbocycles. The second-order valence-corrected chi connectivity index (χ2v) is 4.84. The van der Waals surface area contributed by atoms with Crippen LogP contribution in [0.4, 0.5) is 0 Å². The molecule has 16 heavy (non-hydrogen) atoms. The van der Waals surface area contributed by atoms with E-state index in [1.54, 1.807) is 23.7 Å². The lowest BCUT2D eigenvalue weighted by Gasteiger charge is -2.08. The maximum atomic E-state index is 9.91. The van der Waals surface area contributed by atoms with Gasteiger partial charge < -0.3 is 5.11 Å². The number of nitrogens with zero attached hydrogens (tertiary/aromatic N) is 2. The summed E-state index contributed by atoms with van der Waals surface area (Å²) in [5, 5.41) is 13.0. The zero-order valence-electron chi connectivity index (χ0n) is 9.13. The molecule has 0 aliphatic rings. The van der Waals surface area contributed by atoms with Gasteiger partial charge in [-0.05, 0) is 31.0 Å². The lowest BCUT2D eigenvalue weighted by Crippen LogP contribution is -2.14. The van der Waals surface area contributed by atoms with E-state index in [0.717, 1.165) is 16.3 Å². The minimum Gasteiger partial charge on any atom is -0.392 e. The smallest absolute Gasteiger partial charge is 0.0897 e. The van der Waals surface area contributed by atoms with Crippen molar-refractivity contribution in [3.8, 4) is 0 Å². The van der Waals surface area contributed by atoms with E-state index in [2.05, 4.69) is 9.97 Å². The summed E-state index contributed by atoms with van der Waals surface area (Å²) < 4.78 is 0. The van der Waals surface area contributed by atoms with E-state index in [4.69, 9.17) is 0 Å². The van der Waals surface area contributed by atoms with E-state index < -0.39 is 0 Å². The zero-order valence-corrected chi connectivity index (χ0v) is 9.94.